The number of carbonyl (C=O) groups is 1. The third-order valence-electron chi connectivity index (χ3n) is 6.71. The van der Waals surface area contributed by atoms with Crippen molar-refractivity contribution in [2.24, 2.45) is 0 Å². The van der Waals surface area contributed by atoms with Crippen LogP contribution in [0.4, 0.5) is 0 Å². The summed E-state index contributed by atoms with van der Waals surface area (Å²) in [5.41, 5.74) is 5.88. The van der Waals surface area contributed by atoms with E-state index in [2.05, 4.69) is 0 Å². The van der Waals surface area contributed by atoms with Crippen molar-refractivity contribution >= 4 is 29.2 Å². The van der Waals surface area contributed by atoms with Crippen LogP contribution in [0.15, 0.2) is 84.9 Å². The second-order valence-corrected chi connectivity index (χ2v) is 10.2. The second kappa shape index (κ2) is 12.1. The van der Waals surface area contributed by atoms with E-state index in [4.69, 9.17) is 42.5 Å². The lowest BCUT2D eigenvalue weighted by molar-refractivity contribution is 0.0526. The summed E-state index contributed by atoms with van der Waals surface area (Å²) in [5, 5.41) is 10.6. The highest BCUT2D eigenvalue weighted by atomic mass is 35.5. The molecule has 200 valence electrons. The van der Waals surface area contributed by atoms with Crippen molar-refractivity contribution in [3.63, 3.8) is 0 Å². The molecule has 0 bridgehead atoms. The van der Waals surface area contributed by atoms with E-state index in [0.717, 1.165) is 57.2 Å². The molecule has 6 rings (SSSR count). The molecule has 4 aromatic carbocycles. The van der Waals surface area contributed by atoms with Gasteiger partial charge in [-0.2, -0.15) is 0 Å². The fourth-order valence-corrected chi connectivity index (χ4v) is 4.97. The number of hydrogen-bond donors (Lipinski definition) is 1. The van der Waals surface area contributed by atoms with Crippen molar-refractivity contribution < 1.29 is 24.1 Å². The van der Waals surface area contributed by atoms with Crippen molar-refractivity contribution in [2.75, 3.05) is 6.61 Å². The maximum Gasteiger partial charge on any atom is 0.338 e. The Kier molecular flexibility index (Phi) is 8.41. The van der Waals surface area contributed by atoms with Gasteiger partial charge in [-0.1, -0.05) is 53.5 Å². The van der Waals surface area contributed by atoms with Gasteiger partial charge >= 0.3 is 5.97 Å². The van der Waals surface area contributed by atoms with Crippen LogP contribution in [0.3, 0.4) is 0 Å². The molecule has 2 atom stereocenters. The summed E-state index contributed by atoms with van der Waals surface area (Å²) in [7, 11) is 0. The largest absolute Gasteiger partial charge is 0.485 e. The van der Waals surface area contributed by atoms with Crippen molar-refractivity contribution in [2.45, 2.75) is 38.6 Å². The van der Waals surface area contributed by atoms with Crippen LogP contribution in [0.2, 0.25) is 10.0 Å². The van der Waals surface area contributed by atoms with E-state index in [0.29, 0.717) is 17.2 Å². The Labute approximate surface area is 237 Å². The molecule has 0 aliphatic carbocycles. The molecule has 2 aliphatic rings. The summed E-state index contributed by atoms with van der Waals surface area (Å²) >= 11 is 11.8. The first-order chi connectivity index (χ1) is 18.9. The molecular weight excluding hydrogens is 535 g/mol. The number of aliphatic hydroxyl groups is 1. The van der Waals surface area contributed by atoms with E-state index in [1.165, 1.54) is 0 Å². The maximum atomic E-state index is 11.8. The third-order valence-corrected chi connectivity index (χ3v) is 7.22. The van der Waals surface area contributed by atoms with E-state index in [1.54, 1.807) is 13.0 Å². The highest BCUT2D eigenvalue weighted by molar-refractivity contribution is 6.30. The second-order valence-electron chi connectivity index (χ2n) is 9.37. The molecule has 2 heterocycles. The molecule has 39 heavy (non-hydrogen) atoms. The first-order valence-electron chi connectivity index (χ1n) is 12.8. The summed E-state index contributed by atoms with van der Waals surface area (Å²) in [6.45, 7) is 2.24. The van der Waals surface area contributed by atoms with Crippen molar-refractivity contribution in [1.29, 1.82) is 0 Å². The molecule has 4 aromatic rings. The van der Waals surface area contributed by atoms with Gasteiger partial charge in [-0.25, -0.2) is 4.79 Å². The number of aliphatic hydroxyl groups excluding tert-OH is 1. The topological polar surface area (TPSA) is 65.0 Å². The first-order valence-corrected chi connectivity index (χ1v) is 13.6. The van der Waals surface area contributed by atoms with Crippen LogP contribution >= 0.6 is 23.2 Å². The Morgan fingerprint density at radius 3 is 1.82 bits per heavy atom. The van der Waals surface area contributed by atoms with Crippen molar-refractivity contribution in [1.82, 2.24) is 0 Å². The summed E-state index contributed by atoms with van der Waals surface area (Å²) < 4.78 is 16.9. The standard InChI is InChI=1S/C17H15ClO3.C15H13ClO2/c1-2-20-17(19)12-5-8-15-13(9-12)10-16(21-15)11-3-6-14(18)7-4-11;16-13-4-2-11(3-5-13)15-8-12-7-10(9-17)1-6-14(12)18-15/h3-9,16H,2,10H2,1H3;1-7,15,17H,8-9H2/t16-;15-/m00/s1. The van der Waals surface area contributed by atoms with Gasteiger partial charge in [0.15, 0.2) is 0 Å². The van der Waals surface area contributed by atoms with Crippen LogP contribution in [-0.2, 0) is 24.2 Å². The number of rotatable bonds is 5. The van der Waals surface area contributed by atoms with E-state index in [-0.39, 0.29) is 24.8 Å². The number of fused-ring (bicyclic) bond motifs is 2. The van der Waals surface area contributed by atoms with E-state index in [9.17, 15) is 4.79 Å². The molecular formula is C32H28Cl2O5. The van der Waals surface area contributed by atoms with Crippen LogP contribution in [0.1, 0.15) is 57.3 Å². The molecule has 0 aromatic heterocycles. The van der Waals surface area contributed by atoms with Gasteiger partial charge in [-0.15, -0.1) is 0 Å². The van der Waals surface area contributed by atoms with Gasteiger partial charge in [0.2, 0.25) is 0 Å². The molecule has 0 fully saturated rings. The lowest BCUT2D eigenvalue weighted by Gasteiger charge is -2.10. The third kappa shape index (κ3) is 6.39. The fraction of sp³-hybridized carbons (Fsp3) is 0.219. The average molecular weight is 563 g/mol. The SMILES string of the molecule is CCOC(=O)c1ccc2c(c1)C[C@@H](c1ccc(Cl)cc1)O2.OCc1ccc2c(c1)C[C@@H](c1ccc(Cl)cc1)O2. The lowest BCUT2D eigenvalue weighted by Crippen LogP contribution is -2.04. The van der Waals surface area contributed by atoms with E-state index < -0.39 is 0 Å². The van der Waals surface area contributed by atoms with Crippen LogP contribution in [0, 0.1) is 0 Å². The number of ether oxygens (including phenoxy) is 3. The zero-order valence-electron chi connectivity index (χ0n) is 21.4. The molecule has 0 amide bonds. The number of esters is 1. The minimum absolute atomic E-state index is 0.0327. The van der Waals surface area contributed by atoms with Gasteiger partial charge in [0.25, 0.3) is 0 Å². The van der Waals surface area contributed by atoms with Gasteiger partial charge in [0.1, 0.15) is 23.7 Å². The van der Waals surface area contributed by atoms with Gasteiger partial charge < -0.3 is 19.3 Å². The normalized spacial score (nSPS) is 16.7. The van der Waals surface area contributed by atoms with Crippen LogP contribution < -0.4 is 9.47 Å². The minimum atomic E-state index is -0.296. The number of benzene rings is 4. The Balaban J connectivity index is 0.000000160. The zero-order valence-corrected chi connectivity index (χ0v) is 22.9. The highest BCUT2D eigenvalue weighted by Gasteiger charge is 2.26. The monoisotopic (exact) mass is 562 g/mol. The van der Waals surface area contributed by atoms with Gasteiger partial charge in [0, 0.05) is 22.9 Å². The first kappa shape index (κ1) is 27.1. The predicted octanol–water partition coefficient (Wildman–Crippen LogP) is 7.70. The number of halogens is 2. The molecule has 5 nitrogen and oxygen atoms in total. The molecule has 2 aliphatic heterocycles. The summed E-state index contributed by atoms with van der Waals surface area (Å²) in [5.74, 6) is 1.44. The lowest BCUT2D eigenvalue weighted by atomic mass is 10.0. The average Bonchev–Trinajstić information content (AvgIpc) is 3.58. The van der Waals surface area contributed by atoms with Gasteiger partial charge in [-0.05, 0) is 89.3 Å². The quantitative estimate of drug-likeness (QED) is 0.252. The Morgan fingerprint density at radius 1 is 0.795 bits per heavy atom. The molecule has 1 N–H and O–H groups in total. The Hall–Kier alpha value is -3.51. The van der Waals surface area contributed by atoms with Gasteiger partial charge in [0.05, 0.1) is 18.8 Å². The van der Waals surface area contributed by atoms with Crippen LogP contribution in [-0.4, -0.2) is 17.7 Å². The highest BCUT2D eigenvalue weighted by Crippen LogP contribution is 2.38. The molecule has 0 saturated heterocycles. The molecule has 0 saturated carbocycles. The van der Waals surface area contributed by atoms with Crippen LogP contribution in [0.5, 0.6) is 11.5 Å². The van der Waals surface area contributed by atoms with Crippen molar-refractivity contribution in [3.05, 3.63) is 128 Å². The van der Waals surface area contributed by atoms with E-state index >= 15 is 0 Å². The Bertz CT molecular complexity index is 1450. The van der Waals surface area contributed by atoms with Crippen LogP contribution in [0.25, 0.3) is 0 Å². The molecule has 0 spiro atoms. The summed E-state index contributed by atoms with van der Waals surface area (Å²) in [6, 6.07) is 26.6. The van der Waals surface area contributed by atoms with Gasteiger partial charge in [-0.3, -0.25) is 0 Å². The molecule has 7 heteroatoms. The van der Waals surface area contributed by atoms with E-state index in [1.807, 2.05) is 78.9 Å². The number of hydrogen-bond acceptors (Lipinski definition) is 5. The maximum absolute atomic E-state index is 11.8. The molecule has 0 radical (unpaired) electrons. The smallest absolute Gasteiger partial charge is 0.338 e. The summed E-state index contributed by atoms with van der Waals surface area (Å²) in [4.78, 5) is 11.8. The predicted molar refractivity (Wildman–Crippen MR) is 152 cm³/mol. The minimum Gasteiger partial charge on any atom is -0.485 e. The van der Waals surface area contributed by atoms with Crippen molar-refractivity contribution in [3.8, 4) is 11.5 Å². The number of carbonyl (C=O) groups excluding carboxylic acids is 1. The Morgan fingerprint density at radius 2 is 1.31 bits per heavy atom. The molecule has 0 unspecified atom stereocenters. The zero-order chi connectivity index (χ0) is 27.4. The fourth-order valence-electron chi connectivity index (χ4n) is 4.72. The summed E-state index contributed by atoms with van der Waals surface area (Å²) in [6.07, 6.45) is 1.59.